The minimum Gasteiger partial charge on any atom is -0.383 e. The highest BCUT2D eigenvalue weighted by molar-refractivity contribution is 5.51. The fourth-order valence-electron chi connectivity index (χ4n) is 2.12. The van der Waals surface area contributed by atoms with Crippen molar-refractivity contribution >= 4 is 11.6 Å². The highest BCUT2D eigenvalue weighted by Crippen LogP contribution is 2.20. The van der Waals surface area contributed by atoms with Gasteiger partial charge in [0.25, 0.3) is 0 Å². The topological polar surface area (TPSA) is 37.8 Å². The van der Waals surface area contributed by atoms with Gasteiger partial charge in [-0.05, 0) is 24.6 Å². The number of morpholine rings is 1. The molecule has 0 bridgehead atoms. The molecule has 0 aromatic carbocycles. The summed E-state index contributed by atoms with van der Waals surface area (Å²) in [5.41, 5.74) is 1.23. The zero-order chi connectivity index (χ0) is 13.7. The summed E-state index contributed by atoms with van der Waals surface area (Å²) in [5.74, 6) is 2.04. The maximum Gasteiger partial charge on any atom is 0.131 e. The second-order valence-electron chi connectivity index (χ2n) is 4.87. The average molecular weight is 265 g/mol. The first-order valence-corrected chi connectivity index (χ1v) is 6.72. The van der Waals surface area contributed by atoms with E-state index in [9.17, 15) is 0 Å². The standard InChI is InChI=1S/C14H23N3O2/c1-12-10-13(16(2)4-7-18-3)15-14(11-12)17-5-8-19-9-6-17/h10-11H,4-9H2,1-3H3. The van der Waals surface area contributed by atoms with Crippen LogP contribution in [0.5, 0.6) is 0 Å². The third kappa shape index (κ3) is 3.81. The van der Waals surface area contributed by atoms with E-state index in [2.05, 4.69) is 28.9 Å². The van der Waals surface area contributed by atoms with Crippen LogP contribution in [-0.2, 0) is 9.47 Å². The maximum atomic E-state index is 5.39. The zero-order valence-electron chi connectivity index (χ0n) is 12.1. The quantitative estimate of drug-likeness (QED) is 0.802. The van der Waals surface area contributed by atoms with Crippen molar-refractivity contribution in [1.29, 1.82) is 0 Å². The first kappa shape index (κ1) is 14.1. The monoisotopic (exact) mass is 265 g/mol. The third-order valence-electron chi connectivity index (χ3n) is 3.30. The molecule has 1 aromatic rings. The van der Waals surface area contributed by atoms with E-state index in [0.717, 1.165) is 44.5 Å². The Bertz CT molecular complexity index is 406. The molecular weight excluding hydrogens is 242 g/mol. The molecule has 0 amide bonds. The number of methoxy groups -OCH3 is 1. The maximum absolute atomic E-state index is 5.39. The number of ether oxygens (including phenoxy) is 2. The molecular formula is C14H23N3O2. The predicted octanol–water partition coefficient (Wildman–Crippen LogP) is 1.31. The van der Waals surface area contributed by atoms with Gasteiger partial charge in [-0.1, -0.05) is 0 Å². The molecule has 5 nitrogen and oxygen atoms in total. The van der Waals surface area contributed by atoms with Crippen molar-refractivity contribution in [3.05, 3.63) is 17.7 Å². The van der Waals surface area contributed by atoms with Crippen LogP contribution in [0.2, 0.25) is 0 Å². The van der Waals surface area contributed by atoms with Gasteiger partial charge in [-0.2, -0.15) is 0 Å². The van der Waals surface area contributed by atoms with Crippen molar-refractivity contribution in [1.82, 2.24) is 4.98 Å². The summed E-state index contributed by atoms with van der Waals surface area (Å²) in [7, 11) is 3.76. The molecule has 2 heterocycles. The lowest BCUT2D eigenvalue weighted by molar-refractivity contribution is 0.122. The van der Waals surface area contributed by atoms with Gasteiger partial charge in [0.05, 0.1) is 19.8 Å². The molecule has 1 aliphatic rings. The number of pyridine rings is 1. The van der Waals surface area contributed by atoms with Crippen molar-refractivity contribution < 1.29 is 9.47 Å². The van der Waals surface area contributed by atoms with E-state index >= 15 is 0 Å². The molecule has 1 aliphatic heterocycles. The fourth-order valence-corrected chi connectivity index (χ4v) is 2.12. The highest BCUT2D eigenvalue weighted by Gasteiger charge is 2.14. The van der Waals surface area contributed by atoms with Gasteiger partial charge in [0, 0.05) is 33.8 Å². The van der Waals surface area contributed by atoms with Crippen molar-refractivity contribution in [2.75, 3.05) is 63.4 Å². The normalized spacial score (nSPS) is 15.6. The molecule has 0 radical (unpaired) electrons. The molecule has 2 rings (SSSR count). The molecule has 1 fully saturated rings. The van der Waals surface area contributed by atoms with Crippen LogP contribution < -0.4 is 9.80 Å². The Morgan fingerprint density at radius 3 is 2.79 bits per heavy atom. The first-order chi connectivity index (χ1) is 9.20. The van der Waals surface area contributed by atoms with Gasteiger partial charge in [-0.15, -0.1) is 0 Å². The molecule has 0 atom stereocenters. The van der Waals surface area contributed by atoms with Gasteiger partial charge in [0.15, 0.2) is 0 Å². The molecule has 19 heavy (non-hydrogen) atoms. The summed E-state index contributed by atoms with van der Waals surface area (Å²) in [5, 5.41) is 0. The minimum atomic E-state index is 0.707. The van der Waals surface area contributed by atoms with E-state index < -0.39 is 0 Å². The molecule has 0 unspecified atom stereocenters. The predicted molar refractivity (Wildman–Crippen MR) is 77.2 cm³/mol. The molecule has 106 valence electrons. The van der Waals surface area contributed by atoms with Crippen LogP contribution in [0.1, 0.15) is 5.56 Å². The van der Waals surface area contributed by atoms with Gasteiger partial charge in [-0.3, -0.25) is 0 Å². The van der Waals surface area contributed by atoms with Crippen LogP contribution in [0.15, 0.2) is 12.1 Å². The molecule has 0 saturated carbocycles. The van der Waals surface area contributed by atoms with Crippen LogP contribution in [0.25, 0.3) is 0 Å². The van der Waals surface area contributed by atoms with E-state index in [-0.39, 0.29) is 0 Å². The molecule has 5 heteroatoms. The lowest BCUT2D eigenvalue weighted by atomic mass is 10.2. The number of hydrogen-bond acceptors (Lipinski definition) is 5. The van der Waals surface area contributed by atoms with Gasteiger partial charge in [-0.25, -0.2) is 4.98 Å². The summed E-state index contributed by atoms with van der Waals surface area (Å²) in [4.78, 5) is 9.16. The Morgan fingerprint density at radius 2 is 2.11 bits per heavy atom. The molecule has 0 N–H and O–H groups in total. The molecule has 0 spiro atoms. The number of aromatic nitrogens is 1. The number of likely N-dealkylation sites (N-methyl/N-ethyl adjacent to an activating group) is 1. The molecule has 1 aromatic heterocycles. The van der Waals surface area contributed by atoms with Crippen LogP contribution in [0.3, 0.4) is 0 Å². The van der Waals surface area contributed by atoms with E-state index in [1.54, 1.807) is 7.11 Å². The largest absolute Gasteiger partial charge is 0.383 e. The molecule has 0 aliphatic carbocycles. The molecule has 1 saturated heterocycles. The van der Waals surface area contributed by atoms with Crippen LogP contribution in [0, 0.1) is 6.92 Å². The zero-order valence-corrected chi connectivity index (χ0v) is 12.1. The number of aryl methyl sites for hydroxylation is 1. The lowest BCUT2D eigenvalue weighted by Crippen LogP contribution is -2.37. The highest BCUT2D eigenvalue weighted by atomic mass is 16.5. The van der Waals surface area contributed by atoms with Crippen molar-refractivity contribution in [2.24, 2.45) is 0 Å². The van der Waals surface area contributed by atoms with Crippen molar-refractivity contribution in [3.63, 3.8) is 0 Å². The summed E-state index contributed by atoms with van der Waals surface area (Å²) < 4.78 is 10.5. The van der Waals surface area contributed by atoms with Gasteiger partial charge in [0.2, 0.25) is 0 Å². The van der Waals surface area contributed by atoms with Crippen molar-refractivity contribution in [3.8, 4) is 0 Å². The second kappa shape index (κ2) is 6.73. The summed E-state index contributed by atoms with van der Waals surface area (Å²) in [6.45, 7) is 7.05. The minimum absolute atomic E-state index is 0.707. The second-order valence-corrected chi connectivity index (χ2v) is 4.87. The number of hydrogen-bond donors (Lipinski definition) is 0. The fraction of sp³-hybridized carbons (Fsp3) is 0.643. The summed E-state index contributed by atoms with van der Waals surface area (Å²) in [6, 6.07) is 4.25. The van der Waals surface area contributed by atoms with Gasteiger partial charge < -0.3 is 19.3 Å². The average Bonchev–Trinajstić information content (AvgIpc) is 2.45. The Labute approximate surface area is 115 Å². The first-order valence-electron chi connectivity index (χ1n) is 6.72. The van der Waals surface area contributed by atoms with Gasteiger partial charge >= 0.3 is 0 Å². The van der Waals surface area contributed by atoms with Crippen LogP contribution in [-0.4, -0.2) is 58.6 Å². The Hall–Kier alpha value is -1.33. The summed E-state index contributed by atoms with van der Waals surface area (Å²) >= 11 is 0. The number of nitrogens with zero attached hydrogens (tertiary/aromatic N) is 3. The Morgan fingerprint density at radius 1 is 1.37 bits per heavy atom. The van der Waals surface area contributed by atoms with Gasteiger partial charge in [0.1, 0.15) is 11.6 Å². The number of rotatable bonds is 5. The van der Waals surface area contributed by atoms with E-state index in [1.165, 1.54) is 5.56 Å². The van der Waals surface area contributed by atoms with E-state index in [0.29, 0.717) is 6.61 Å². The lowest BCUT2D eigenvalue weighted by Gasteiger charge is -2.29. The van der Waals surface area contributed by atoms with Crippen LogP contribution >= 0.6 is 0 Å². The third-order valence-corrected chi connectivity index (χ3v) is 3.30. The summed E-state index contributed by atoms with van der Waals surface area (Å²) in [6.07, 6.45) is 0. The number of anilines is 2. The van der Waals surface area contributed by atoms with E-state index in [4.69, 9.17) is 14.5 Å². The SMILES string of the molecule is COCCN(C)c1cc(C)cc(N2CCOCC2)n1. The van der Waals surface area contributed by atoms with Crippen molar-refractivity contribution in [2.45, 2.75) is 6.92 Å². The van der Waals surface area contributed by atoms with Crippen LogP contribution in [0.4, 0.5) is 11.6 Å². The van der Waals surface area contributed by atoms with E-state index in [1.807, 2.05) is 7.05 Å². The smallest absolute Gasteiger partial charge is 0.131 e. The Kier molecular flexibility index (Phi) is 4.99. The Balaban J connectivity index is 2.13.